The number of benzene rings is 2. The van der Waals surface area contributed by atoms with Crippen molar-refractivity contribution in [3.05, 3.63) is 111 Å². The van der Waals surface area contributed by atoms with Crippen LogP contribution in [0, 0.1) is 13.8 Å². The molecule has 3 heterocycles. The Hall–Kier alpha value is -4.04. The number of nitrogens with one attached hydrogen (secondary N) is 1. The van der Waals surface area contributed by atoms with Crippen LogP contribution in [0.1, 0.15) is 71.6 Å². The number of aromatic nitrogens is 5. The molecule has 0 spiro atoms. The summed E-state index contributed by atoms with van der Waals surface area (Å²) in [5.74, 6) is 1.50. The molecule has 0 aliphatic heterocycles. The third-order valence-corrected chi connectivity index (χ3v) is 7.60. The second-order valence-corrected chi connectivity index (χ2v) is 10.4. The number of H-pyrrole nitrogens is 1. The first-order valence-electron chi connectivity index (χ1n) is 13.3. The van der Waals surface area contributed by atoms with Crippen LogP contribution in [0.2, 0.25) is 0 Å². The molecule has 1 unspecified atom stereocenters. The number of nitrogens with zero attached hydrogens (tertiary/aromatic N) is 5. The molecular weight excluding hydrogens is 476 g/mol. The molecule has 0 radical (unpaired) electrons. The maximum atomic E-state index is 13.8. The quantitative estimate of drug-likeness (QED) is 0.292. The molecule has 194 valence electrons. The van der Waals surface area contributed by atoms with Crippen molar-refractivity contribution in [2.75, 3.05) is 0 Å². The Morgan fingerprint density at radius 1 is 1.05 bits per heavy atom. The van der Waals surface area contributed by atoms with E-state index in [1.54, 1.807) is 6.26 Å². The lowest BCUT2D eigenvalue weighted by Crippen LogP contribution is -2.35. The van der Waals surface area contributed by atoms with Gasteiger partial charge in [0.15, 0.2) is 5.82 Å². The van der Waals surface area contributed by atoms with E-state index in [1.807, 2.05) is 54.1 Å². The van der Waals surface area contributed by atoms with E-state index in [2.05, 4.69) is 50.5 Å². The largest absolute Gasteiger partial charge is 0.468 e. The molecular formula is C30H32N6O2. The summed E-state index contributed by atoms with van der Waals surface area (Å²) in [6, 6.07) is 20.1. The van der Waals surface area contributed by atoms with Crippen LogP contribution in [-0.2, 0) is 13.1 Å². The van der Waals surface area contributed by atoms with E-state index >= 15 is 0 Å². The van der Waals surface area contributed by atoms with Crippen molar-refractivity contribution >= 4 is 10.9 Å². The van der Waals surface area contributed by atoms with E-state index in [4.69, 9.17) is 4.42 Å². The summed E-state index contributed by atoms with van der Waals surface area (Å²) in [7, 11) is 0. The van der Waals surface area contributed by atoms with Gasteiger partial charge in [-0.05, 0) is 78.1 Å². The Bertz CT molecular complexity index is 1580. The molecule has 0 amide bonds. The number of tetrazole rings is 1. The van der Waals surface area contributed by atoms with Gasteiger partial charge < -0.3 is 9.40 Å². The normalized spacial score (nSPS) is 15.0. The zero-order valence-corrected chi connectivity index (χ0v) is 21.8. The lowest BCUT2D eigenvalue weighted by atomic mass is 9.99. The smallest absolute Gasteiger partial charge is 0.253 e. The number of aryl methyl sites for hydroxylation is 2. The number of aromatic amines is 1. The molecule has 0 saturated heterocycles. The Balaban J connectivity index is 1.55. The molecule has 0 bridgehead atoms. The number of fused-ring (bicyclic) bond motifs is 1. The molecule has 38 heavy (non-hydrogen) atoms. The van der Waals surface area contributed by atoms with Crippen LogP contribution in [0.4, 0.5) is 0 Å². The Morgan fingerprint density at radius 2 is 1.87 bits per heavy atom. The molecule has 1 N–H and O–H groups in total. The van der Waals surface area contributed by atoms with Gasteiger partial charge in [-0.1, -0.05) is 49.2 Å². The van der Waals surface area contributed by atoms with E-state index in [-0.39, 0.29) is 11.6 Å². The standard InChI is InChI=1S/C30H32N6O2/c1-20-15-21(2)25-17-26(30(37)31-27(25)16-20)28(29-32-33-34-36(29)23-11-6-7-12-23)35(19-24-13-8-14-38-24)18-22-9-4-3-5-10-22/h3-5,8-10,13-17,23,28H,6-7,11-12,18-19H2,1-2H3,(H,31,37). The van der Waals surface area contributed by atoms with Crippen molar-refractivity contribution in [3.63, 3.8) is 0 Å². The van der Waals surface area contributed by atoms with Gasteiger partial charge in [-0.25, -0.2) is 4.68 Å². The predicted molar refractivity (Wildman–Crippen MR) is 146 cm³/mol. The first-order valence-corrected chi connectivity index (χ1v) is 13.3. The Labute approximate surface area is 221 Å². The molecule has 6 rings (SSSR count). The number of furan rings is 1. The first-order chi connectivity index (χ1) is 18.6. The second kappa shape index (κ2) is 10.4. The highest BCUT2D eigenvalue weighted by Gasteiger charge is 2.34. The average molecular weight is 509 g/mol. The summed E-state index contributed by atoms with van der Waals surface area (Å²) in [6.07, 6.45) is 6.07. The first kappa shape index (κ1) is 24.3. The monoisotopic (exact) mass is 508 g/mol. The summed E-state index contributed by atoms with van der Waals surface area (Å²) in [6.45, 7) is 5.21. The maximum absolute atomic E-state index is 13.8. The van der Waals surface area contributed by atoms with Crippen LogP contribution in [0.5, 0.6) is 0 Å². The van der Waals surface area contributed by atoms with Gasteiger partial charge in [0.2, 0.25) is 0 Å². The van der Waals surface area contributed by atoms with Gasteiger partial charge >= 0.3 is 0 Å². The SMILES string of the molecule is Cc1cc(C)c2cc(C(c3nnnn3C3CCCC3)N(Cc3ccccc3)Cc3ccco3)c(=O)[nH]c2c1. The van der Waals surface area contributed by atoms with Crippen LogP contribution in [0.3, 0.4) is 0 Å². The summed E-state index contributed by atoms with van der Waals surface area (Å²) < 4.78 is 7.74. The lowest BCUT2D eigenvalue weighted by Gasteiger charge is -2.31. The molecule has 1 atom stereocenters. The summed E-state index contributed by atoms with van der Waals surface area (Å²) in [5, 5.41) is 14.2. The van der Waals surface area contributed by atoms with E-state index in [1.165, 1.54) is 0 Å². The fraction of sp³-hybridized carbons (Fsp3) is 0.333. The summed E-state index contributed by atoms with van der Waals surface area (Å²) in [4.78, 5) is 19.2. The van der Waals surface area contributed by atoms with Crippen LogP contribution >= 0.6 is 0 Å². The van der Waals surface area contributed by atoms with E-state index < -0.39 is 6.04 Å². The van der Waals surface area contributed by atoms with Crippen LogP contribution in [0.15, 0.2) is 76.1 Å². The van der Waals surface area contributed by atoms with Crippen molar-refractivity contribution in [3.8, 4) is 0 Å². The fourth-order valence-corrected chi connectivity index (χ4v) is 5.84. The van der Waals surface area contributed by atoms with Gasteiger partial charge in [0.25, 0.3) is 5.56 Å². The highest BCUT2D eigenvalue weighted by molar-refractivity contribution is 5.83. The second-order valence-electron chi connectivity index (χ2n) is 10.4. The van der Waals surface area contributed by atoms with E-state index in [0.29, 0.717) is 24.5 Å². The third-order valence-electron chi connectivity index (χ3n) is 7.60. The van der Waals surface area contributed by atoms with Crippen molar-refractivity contribution in [2.45, 2.75) is 64.7 Å². The Morgan fingerprint density at radius 3 is 2.63 bits per heavy atom. The van der Waals surface area contributed by atoms with Gasteiger partial charge in [-0.2, -0.15) is 0 Å². The van der Waals surface area contributed by atoms with Crippen LogP contribution in [0.25, 0.3) is 10.9 Å². The van der Waals surface area contributed by atoms with Gasteiger partial charge in [0, 0.05) is 23.0 Å². The fourth-order valence-electron chi connectivity index (χ4n) is 5.84. The molecule has 8 heteroatoms. The molecule has 2 aromatic carbocycles. The molecule has 1 fully saturated rings. The van der Waals surface area contributed by atoms with Crippen molar-refractivity contribution in [2.24, 2.45) is 0 Å². The van der Waals surface area contributed by atoms with Crippen molar-refractivity contribution in [1.82, 2.24) is 30.1 Å². The molecule has 3 aromatic heterocycles. The number of hydrogen-bond acceptors (Lipinski definition) is 6. The van der Waals surface area contributed by atoms with Gasteiger partial charge in [-0.15, -0.1) is 5.10 Å². The van der Waals surface area contributed by atoms with Crippen molar-refractivity contribution < 1.29 is 4.42 Å². The van der Waals surface area contributed by atoms with Crippen molar-refractivity contribution in [1.29, 1.82) is 0 Å². The third kappa shape index (κ3) is 4.79. The van der Waals surface area contributed by atoms with Gasteiger partial charge in [-0.3, -0.25) is 9.69 Å². The lowest BCUT2D eigenvalue weighted by molar-refractivity contribution is 0.176. The minimum Gasteiger partial charge on any atom is -0.468 e. The molecule has 1 saturated carbocycles. The number of pyridine rings is 1. The minimum absolute atomic E-state index is 0.133. The topological polar surface area (TPSA) is 92.8 Å². The molecule has 1 aliphatic carbocycles. The van der Waals surface area contributed by atoms with Crippen LogP contribution in [-0.4, -0.2) is 30.1 Å². The average Bonchev–Trinajstić information content (AvgIpc) is 3.68. The minimum atomic E-state index is -0.482. The number of hydrogen-bond donors (Lipinski definition) is 1. The maximum Gasteiger partial charge on any atom is 0.253 e. The van der Waals surface area contributed by atoms with E-state index in [0.717, 1.165) is 59.0 Å². The summed E-state index contributed by atoms with van der Waals surface area (Å²) in [5.41, 5.74) is 4.70. The van der Waals surface area contributed by atoms with Crippen LogP contribution < -0.4 is 5.56 Å². The Kier molecular flexibility index (Phi) is 6.64. The number of rotatable bonds is 8. The highest BCUT2D eigenvalue weighted by Crippen LogP contribution is 2.35. The molecule has 1 aliphatic rings. The molecule has 5 aromatic rings. The molecule has 8 nitrogen and oxygen atoms in total. The highest BCUT2D eigenvalue weighted by atomic mass is 16.3. The summed E-state index contributed by atoms with van der Waals surface area (Å²) >= 11 is 0. The zero-order valence-electron chi connectivity index (χ0n) is 21.8. The predicted octanol–water partition coefficient (Wildman–Crippen LogP) is 5.63. The van der Waals surface area contributed by atoms with Gasteiger partial charge in [0.1, 0.15) is 11.8 Å². The zero-order chi connectivity index (χ0) is 26.1. The van der Waals surface area contributed by atoms with Gasteiger partial charge in [0.05, 0.1) is 18.8 Å². The van der Waals surface area contributed by atoms with E-state index in [9.17, 15) is 4.79 Å².